The SMILES string of the molecule is c1ccc(CC(c2ccccc2)c2ccc(Sc3ccc([S+](c4ccccc4)c4ccccc4)cc3)cc2)cc1. The zero-order valence-corrected chi connectivity index (χ0v) is 23.9. The van der Waals surface area contributed by atoms with E-state index in [9.17, 15) is 0 Å². The van der Waals surface area contributed by atoms with Gasteiger partial charge in [0.25, 0.3) is 0 Å². The van der Waals surface area contributed by atoms with Gasteiger partial charge < -0.3 is 0 Å². The van der Waals surface area contributed by atoms with Crippen molar-refractivity contribution in [1.29, 1.82) is 0 Å². The van der Waals surface area contributed by atoms with Gasteiger partial charge in [0.1, 0.15) is 0 Å². The van der Waals surface area contributed by atoms with E-state index in [-0.39, 0.29) is 10.9 Å². The van der Waals surface area contributed by atoms with Crippen LogP contribution in [0.3, 0.4) is 0 Å². The Kier molecular flexibility index (Phi) is 8.48. The minimum atomic E-state index is -0.122. The van der Waals surface area contributed by atoms with Crippen LogP contribution >= 0.6 is 11.8 Å². The monoisotopic (exact) mass is 551 g/mol. The van der Waals surface area contributed by atoms with Crippen molar-refractivity contribution in [2.75, 3.05) is 0 Å². The summed E-state index contributed by atoms with van der Waals surface area (Å²) in [5, 5.41) is 0. The fourth-order valence-electron chi connectivity index (χ4n) is 5.03. The molecule has 0 heterocycles. The summed E-state index contributed by atoms with van der Waals surface area (Å²) < 4.78 is 0. The molecule has 0 bridgehead atoms. The van der Waals surface area contributed by atoms with Crippen LogP contribution in [0.5, 0.6) is 0 Å². The number of hydrogen-bond donors (Lipinski definition) is 0. The molecule has 0 fully saturated rings. The molecule has 2 heteroatoms. The molecule has 6 rings (SSSR count). The molecule has 0 N–H and O–H groups in total. The maximum Gasteiger partial charge on any atom is 0.166 e. The molecular formula is C38H31S2+. The van der Waals surface area contributed by atoms with Crippen LogP contribution in [0.25, 0.3) is 0 Å². The lowest BCUT2D eigenvalue weighted by atomic mass is 9.86. The Balaban J connectivity index is 1.21. The Morgan fingerprint density at radius 3 is 1.32 bits per heavy atom. The fourth-order valence-corrected chi connectivity index (χ4v) is 7.93. The molecule has 0 nitrogen and oxygen atoms in total. The van der Waals surface area contributed by atoms with Crippen molar-refractivity contribution in [2.45, 2.75) is 36.8 Å². The van der Waals surface area contributed by atoms with E-state index in [2.05, 4.69) is 170 Å². The van der Waals surface area contributed by atoms with E-state index < -0.39 is 0 Å². The lowest BCUT2D eigenvalue weighted by Crippen LogP contribution is -2.05. The first-order valence-corrected chi connectivity index (χ1v) is 15.7. The van der Waals surface area contributed by atoms with E-state index in [0.717, 1.165) is 6.42 Å². The van der Waals surface area contributed by atoms with Crippen LogP contribution in [-0.4, -0.2) is 0 Å². The smallest absolute Gasteiger partial charge is 0.0901 e. The van der Waals surface area contributed by atoms with Gasteiger partial charge in [-0.1, -0.05) is 121 Å². The van der Waals surface area contributed by atoms with Crippen molar-refractivity contribution in [3.05, 3.63) is 187 Å². The molecule has 6 aromatic carbocycles. The highest BCUT2D eigenvalue weighted by Gasteiger charge is 2.28. The van der Waals surface area contributed by atoms with Crippen molar-refractivity contribution < 1.29 is 0 Å². The van der Waals surface area contributed by atoms with Crippen LogP contribution in [0.1, 0.15) is 22.6 Å². The first kappa shape index (κ1) is 26.3. The van der Waals surface area contributed by atoms with Gasteiger partial charge in [0.05, 0.1) is 10.9 Å². The van der Waals surface area contributed by atoms with Crippen molar-refractivity contribution in [2.24, 2.45) is 0 Å². The summed E-state index contributed by atoms with van der Waals surface area (Å²) in [6.07, 6.45) is 0.990. The quantitative estimate of drug-likeness (QED) is 0.161. The molecule has 0 aliphatic carbocycles. The summed E-state index contributed by atoms with van der Waals surface area (Å²) in [4.78, 5) is 6.53. The third kappa shape index (κ3) is 6.42. The van der Waals surface area contributed by atoms with Crippen LogP contribution in [-0.2, 0) is 17.3 Å². The second-order valence-corrected chi connectivity index (χ2v) is 12.9. The molecule has 0 aliphatic rings. The molecule has 40 heavy (non-hydrogen) atoms. The first-order chi connectivity index (χ1) is 19.8. The summed E-state index contributed by atoms with van der Waals surface area (Å²) >= 11 is 1.82. The molecular weight excluding hydrogens is 521 g/mol. The molecule has 0 radical (unpaired) electrons. The number of benzene rings is 6. The van der Waals surface area contributed by atoms with Gasteiger partial charge in [0.15, 0.2) is 14.7 Å². The molecule has 0 amide bonds. The summed E-state index contributed by atoms with van der Waals surface area (Å²) in [6, 6.07) is 61.6. The molecule has 1 unspecified atom stereocenters. The number of hydrogen-bond acceptors (Lipinski definition) is 1. The van der Waals surface area contributed by atoms with E-state index in [1.54, 1.807) is 0 Å². The maximum absolute atomic E-state index is 2.31. The van der Waals surface area contributed by atoms with Gasteiger partial charge in [0.2, 0.25) is 0 Å². The van der Waals surface area contributed by atoms with Crippen LogP contribution in [0.4, 0.5) is 0 Å². The Bertz CT molecular complexity index is 1560. The highest BCUT2D eigenvalue weighted by Crippen LogP contribution is 2.35. The lowest BCUT2D eigenvalue weighted by molar-refractivity contribution is 0.804. The average Bonchev–Trinajstić information content (AvgIpc) is 3.03. The average molecular weight is 552 g/mol. The summed E-state index contributed by atoms with van der Waals surface area (Å²) in [6.45, 7) is 0. The molecule has 0 spiro atoms. The van der Waals surface area contributed by atoms with Crippen LogP contribution in [0, 0.1) is 0 Å². The highest BCUT2D eigenvalue weighted by atomic mass is 32.2. The van der Waals surface area contributed by atoms with Gasteiger partial charge in [0, 0.05) is 15.7 Å². The summed E-state index contributed by atoms with van der Waals surface area (Å²) in [7, 11) is -0.122. The lowest BCUT2D eigenvalue weighted by Gasteiger charge is -2.19. The summed E-state index contributed by atoms with van der Waals surface area (Å²) in [5.41, 5.74) is 4.07. The Hall–Kier alpha value is -3.98. The van der Waals surface area contributed by atoms with Gasteiger partial charge in [-0.05, 0) is 83.8 Å². The van der Waals surface area contributed by atoms with Gasteiger partial charge in [-0.25, -0.2) is 0 Å². The third-order valence-electron chi connectivity index (χ3n) is 7.02. The second-order valence-electron chi connectivity index (χ2n) is 9.73. The molecule has 0 aromatic heterocycles. The molecule has 194 valence electrons. The van der Waals surface area contributed by atoms with Crippen molar-refractivity contribution in [3.63, 3.8) is 0 Å². The minimum Gasteiger partial charge on any atom is -0.0901 e. The fraction of sp³-hybridized carbons (Fsp3) is 0.0526. The van der Waals surface area contributed by atoms with Gasteiger partial charge in [-0.3, -0.25) is 0 Å². The van der Waals surface area contributed by atoms with Gasteiger partial charge >= 0.3 is 0 Å². The van der Waals surface area contributed by atoms with E-state index in [0.29, 0.717) is 5.92 Å². The Morgan fingerprint density at radius 1 is 0.400 bits per heavy atom. The normalized spacial score (nSPS) is 11.8. The standard InChI is InChI=1S/C38H31S2/c1-5-13-30(14-6-1)29-38(31-15-7-2-8-16-31)32-21-23-33(24-22-32)39-34-25-27-37(28-26-34)40(35-17-9-3-10-18-35)36-19-11-4-12-20-36/h1-28,38H,29H2/q+1. The van der Waals surface area contributed by atoms with Gasteiger partial charge in [-0.15, -0.1) is 0 Å². The highest BCUT2D eigenvalue weighted by molar-refractivity contribution is 7.99. The van der Waals surface area contributed by atoms with Crippen LogP contribution < -0.4 is 0 Å². The van der Waals surface area contributed by atoms with Crippen molar-refractivity contribution >= 4 is 22.7 Å². The van der Waals surface area contributed by atoms with Crippen molar-refractivity contribution in [1.82, 2.24) is 0 Å². The molecule has 6 aromatic rings. The van der Waals surface area contributed by atoms with E-state index >= 15 is 0 Å². The van der Waals surface area contributed by atoms with Crippen LogP contribution in [0.15, 0.2) is 194 Å². The zero-order chi connectivity index (χ0) is 27.0. The molecule has 1 atom stereocenters. The Labute approximate surface area is 245 Å². The Morgan fingerprint density at radius 2 is 0.800 bits per heavy atom. The largest absolute Gasteiger partial charge is 0.166 e. The van der Waals surface area contributed by atoms with Gasteiger partial charge in [-0.2, -0.15) is 0 Å². The predicted molar refractivity (Wildman–Crippen MR) is 170 cm³/mol. The minimum absolute atomic E-state index is 0.122. The van der Waals surface area contributed by atoms with E-state index in [4.69, 9.17) is 0 Å². The first-order valence-electron chi connectivity index (χ1n) is 13.6. The third-order valence-corrected chi connectivity index (χ3v) is 10.3. The second kappa shape index (κ2) is 12.9. The molecule has 0 saturated carbocycles. The van der Waals surface area contributed by atoms with E-state index in [1.165, 1.54) is 41.2 Å². The molecule has 0 saturated heterocycles. The molecule has 0 aliphatic heterocycles. The number of rotatable bonds is 9. The zero-order valence-electron chi connectivity index (χ0n) is 22.3. The maximum atomic E-state index is 2.31. The topological polar surface area (TPSA) is 0 Å². The van der Waals surface area contributed by atoms with Crippen LogP contribution in [0.2, 0.25) is 0 Å². The predicted octanol–water partition coefficient (Wildman–Crippen LogP) is 10.3. The summed E-state index contributed by atoms with van der Waals surface area (Å²) in [5.74, 6) is 0.329. The van der Waals surface area contributed by atoms with E-state index in [1.807, 2.05) is 11.8 Å². The van der Waals surface area contributed by atoms with Crippen molar-refractivity contribution in [3.8, 4) is 0 Å².